The van der Waals surface area contributed by atoms with Crippen molar-refractivity contribution in [2.24, 2.45) is 0 Å². The monoisotopic (exact) mass is 500 g/mol. The molecule has 0 amide bonds. The van der Waals surface area contributed by atoms with E-state index in [9.17, 15) is 23.2 Å². The summed E-state index contributed by atoms with van der Waals surface area (Å²) in [7, 11) is 0. The molecule has 0 radical (unpaired) electrons. The molecule has 1 fully saturated rings. The van der Waals surface area contributed by atoms with E-state index in [-0.39, 0.29) is 28.6 Å². The number of H-pyrrole nitrogens is 1. The Bertz CT molecular complexity index is 1510. The Labute approximate surface area is 200 Å². The minimum Gasteiger partial charge on any atom is -0.310 e. The maximum atomic E-state index is 13.0. The van der Waals surface area contributed by atoms with Gasteiger partial charge in [0.2, 0.25) is 0 Å². The van der Waals surface area contributed by atoms with Crippen molar-refractivity contribution in [3.05, 3.63) is 74.7 Å². The Hall–Kier alpha value is -3.85. The van der Waals surface area contributed by atoms with Crippen LogP contribution in [0.3, 0.4) is 0 Å². The summed E-state index contributed by atoms with van der Waals surface area (Å²) < 4.78 is 40.1. The van der Waals surface area contributed by atoms with Gasteiger partial charge in [0.05, 0.1) is 11.1 Å². The molecule has 9 nitrogen and oxygen atoms in total. The molecular formula is C22H16ClF3N8O. The third-order valence-corrected chi connectivity index (χ3v) is 6.40. The number of nitrogens with zero attached hydrogens (tertiary/aromatic N) is 7. The molecule has 13 heteroatoms. The van der Waals surface area contributed by atoms with E-state index in [1.54, 1.807) is 6.92 Å². The molecule has 178 valence electrons. The van der Waals surface area contributed by atoms with E-state index in [4.69, 9.17) is 11.6 Å². The summed E-state index contributed by atoms with van der Waals surface area (Å²) in [6, 6.07) is 3.41. The highest BCUT2D eigenvalue weighted by Gasteiger charge is 2.38. The number of aromatic amines is 1. The lowest BCUT2D eigenvalue weighted by Gasteiger charge is -2.34. The average molecular weight is 501 g/mol. The fourth-order valence-electron chi connectivity index (χ4n) is 4.20. The van der Waals surface area contributed by atoms with Crippen LogP contribution >= 0.6 is 11.6 Å². The topological polar surface area (TPSA) is 126 Å². The van der Waals surface area contributed by atoms with E-state index < -0.39 is 23.5 Å². The molecule has 4 heterocycles. The van der Waals surface area contributed by atoms with Gasteiger partial charge in [0, 0.05) is 30.4 Å². The summed E-state index contributed by atoms with van der Waals surface area (Å²) in [5, 5.41) is 14.2. The number of halogens is 4. The first kappa shape index (κ1) is 22.9. The van der Waals surface area contributed by atoms with E-state index in [2.05, 4.69) is 30.0 Å². The molecule has 4 aromatic rings. The van der Waals surface area contributed by atoms with Crippen LogP contribution in [0.2, 0.25) is 5.02 Å². The molecule has 1 aliphatic rings. The highest BCUT2D eigenvalue weighted by atomic mass is 35.5. The first-order valence-corrected chi connectivity index (χ1v) is 11.0. The Morgan fingerprint density at radius 3 is 2.46 bits per heavy atom. The van der Waals surface area contributed by atoms with Gasteiger partial charge in [-0.05, 0) is 31.4 Å². The van der Waals surface area contributed by atoms with E-state index >= 15 is 0 Å². The maximum absolute atomic E-state index is 13.0. The predicted octanol–water partition coefficient (Wildman–Crippen LogP) is 4.12. The van der Waals surface area contributed by atoms with Gasteiger partial charge in [0.25, 0.3) is 5.56 Å². The number of hydrogen-bond acceptors (Lipinski definition) is 7. The fraction of sp³-hybridized carbons (Fsp3) is 0.318. The quantitative estimate of drug-likeness (QED) is 0.446. The Morgan fingerprint density at radius 1 is 1.17 bits per heavy atom. The summed E-state index contributed by atoms with van der Waals surface area (Å²) in [5.41, 5.74) is -1.10. The highest BCUT2D eigenvalue weighted by molar-refractivity contribution is 6.30. The van der Waals surface area contributed by atoms with Gasteiger partial charge in [-0.2, -0.15) is 23.5 Å². The Balaban J connectivity index is 1.56. The highest BCUT2D eigenvalue weighted by Crippen LogP contribution is 2.46. The Kier molecular flexibility index (Phi) is 5.52. The summed E-state index contributed by atoms with van der Waals surface area (Å²) in [6.07, 6.45) is 1.08. The Morgan fingerprint density at radius 2 is 1.89 bits per heavy atom. The van der Waals surface area contributed by atoms with E-state index in [1.165, 1.54) is 23.1 Å². The van der Waals surface area contributed by atoms with Gasteiger partial charge < -0.3 is 4.98 Å². The summed E-state index contributed by atoms with van der Waals surface area (Å²) in [6.45, 7) is 1.67. The molecule has 35 heavy (non-hydrogen) atoms. The summed E-state index contributed by atoms with van der Waals surface area (Å²) in [5.74, 6) is 0.755. The zero-order valence-corrected chi connectivity index (χ0v) is 18.8. The largest absolute Gasteiger partial charge is 0.433 e. The van der Waals surface area contributed by atoms with Crippen molar-refractivity contribution >= 4 is 22.6 Å². The van der Waals surface area contributed by atoms with Gasteiger partial charge in [-0.3, -0.25) is 9.78 Å². The number of aromatic nitrogens is 7. The first-order valence-electron chi connectivity index (χ1n) is 10.6. The van der Waals surface area contributed by atoms with Gasteiger partial charge in [0.15, 0.2) is 11.3 Å². The third kappa shape index (κ3) is 4.01. The zero-order valence-electron chi connectivity index (χ0n) is 18.1. The molecule has 1 aliphatic carbocycles. The van der Waals surface area contributed by atoms with Crippen molar-refractivity contribution < 1.29 is 13.2 Å². The van der Waals surface area contributed by atoms with Crippen LogP contribution in [0.4, 0.5) is 13.2 Å². The number of fused-ring (bicyclic) bond motifs is 1. The van der Waals surface area contributed by atoms with E-state index in [0.29, 0.717) is 22.2 Å². The van der Waals surface area contributed by atoms with Gasteiger partial charge in [-0.25, -0.2) is 19.6 Å². The van der Waals surface area contributed by atoms with Gasteiger partial charge >= 0.3 is 6.18 Å². The molecule has 0 saturated heterocycles. The van der Waals surface area contributed by atoms with Crippen LogP contribution in [0, 0.1) is 11.3 Å². The van der Waals surface area contributed by atoms with Crippen molar-refractivity contribution in [2.45, 2.75) is 43.8 Å². The third-order valence-electron chi connectivity index (χ3n) is 6.21. The predicted molar refractivity (Wildman–Crippen MR) is 118 cm³/mol. The SMILES string of the molecule is C[C@@H](c1ccc(C(F)(F)F)nc1)n1nc(C#N)c2c(=O)[nH]c([C@H]3CC[C@@H]3c3ncc(Cl)cn3)nc21. The van der Waals surface area contributed by atoms with Crippen LogP contribution in [-0.4, -0.2) is 34.7 Å². The molecule has 0 aromatic carbocycles. The summed E-state index contributed by atoms with van der Waals surface area (Å²) >= 11 is 5.88. The van der Waals surface area contributed by atoms with Crippen LogP contribution in [0.15, 0.2) is 35.5 Å². The maximum Gasteiger partial charge on any atom is 0.433 e. The fourth-order valence-corrected chi connectivity index (χ4v) is 4.30. The lowest BCUT2D eigenvalue weighted by molar-refractivity contribution is -0.141. The van der Waals surface area contributed by atoms with Gasteiger partial charge in [-0.1, -0.05) is 17.7 Å². The lowest BCUT2D eigenvalue weighted by Crippen LogP contribution is -2.28. The van der Waals surface area contributed by atoms with Crippen LogP contribution in [0.25, 0.3) is 11.0 Å². The first-order chi connectivity index (χ1) is 16.7. The molecular weight excluding hydrogens is 485 g/mol. The molecule has 1 saturated carbocycles. The summed E-state index contributed by atoms with van der Waals surface area (Å²) in [4.78, 5) is 32.4. The van der Waals surface area contributed by atoms with Crippen molar-refractivity contribution in [3.8, 4) is 6.07 Å². The van der Waals surface area contributed by atoms with Crippen LogP contribution in [0.1, 0.15) is 66.2 Å². The number of nitriles is 1. The second-order valence-corrected chi connectivity index (χ2v) is 8.69. The van der Waals surface area contributed by atoms with Crippen molar-refractivity contribution in [2.75, 3.05) is 0 Å². The molecule has 4 aromatic heterocycles. The van der Waals surface area contributed by atoms with Crippen LogP contribution in [0.5, 0.6) is 0 Å². The van der Waals surface area contributed by atoms with Gasteiger partial charge in [0.1, 0.15) is 28.8 Å². The normalized spacial score (nSPS) is 18.7. The second-order valence-electron chi connectivity index (χ2n) is 8.26. The number of rotatable bonds is 4. The smallest absolute Gasteiger partial charge is 0.310 e. The van der Waals surface area contributed by atoms with E-state index in [0.717, 1.165) is 25.1 Å². The lowest BCUT2D eigenvalue weighted by atomic mass is 9.72. The second kappa shape index (κ2) is 8.42. The van der Waals surface area contributed by atoms with Crippen molar-refractivity contribution in [1.82, 2.24) is 34.7 Å². The van der Waals surface area contributed by atoms with Crippen LogP contribution in [-0.2, 0) is 6.18 Å². The average Bonchev–Trinajstić information content (AvgIpc) is 3.18. The molecule has 0 spiro atoms. The minimum atomic E-state index is -4.56. The number of pyridine rings is 1. The van der Waals surface area contributed by atoms with Gasteiger partial charge in [-0.15, -0.1) is 0 Å². The zero-order chi connectivity index (χ0) is 24.9. The minimum absolute atomic E-state index is 0.0154. The molecule has 0 aliphatic heterocycles. The van der Waals surface area contributed by atoms with Crippen LogP contribution < -0.4 is 5.56 Å². The standard InChI is InChI=1S/C22H16ClF3N8O/c1-10(11-2-5-16(28-7-11)22(24,25)26)34-20-17(15(6-27)33-34)21(35)32-19(31-20)14-4-3-13(14)18-29-8-12(23)9-30-18/h2,5,7-10,13-14H,3-4H2,1H3,(H,31,32,35)/t10-,13-,14-/m0/s1. The van der Waals surface area contributed by atoms with E-state index in [1.807, 2.05) is 6.07 Å². The molecule has 0 bridgehead atoms. The molecule has 1 N–H and O–H groups in total. The van der Waals surface area contributed by atoms with Crippen molar-refractivity contribution in [1.29, 1.82) is 5.26 Å². The molecule has 3 atom stereocenters. The number of nitrogens with one attached hydrogen (secondary N) is 1. The van der Waals surface area contributed by atoms with Crippen molar-refractivity contribution in [3.63, 3.8) is 0 Å². The number of hydrogen-bond donors (Lipinski definition) is 1. The molecule has 5 rings (SSSR count). The number of alkyl halides is 3. The molecule has 0 unspecified atom stereocenters.